The van der Waals surface area contributed by atoms with Gasteiger partial charge in [-0.2, -0.15) is 5.10 Å². The maximum absolute atomic E-state index is 11.6. The highest BCUT2D eigenvalue weighted by Crippen LogP contribution is 2.06. The van der Waals surface area contributed by atoms with Gasteiger partial charge in [0.15, 0.2) is 0 Å². The molecule has 0 aliphatic heterocycles. The Morgan fingerprint density at radius 2 is 2.19 bits per heavy atom. The second kappa shape index (κ2) is 8.02. The van der Waals surface area contributed by atoms with Crippen LogP contribution in [-0.4, -0.2) is 34.1 Å². The zero-order valence-electron chi connectivity index (χ0n) is 13.8. The molecule has 0 spiro atoms. The third-order valence-electron chi connectivity index (χ3n) is 2.68. The van der Waals surface area contributed by atoms with Crippen LogP contribution in [0.5, 0.6) is 0 Å². The molecule has 6 heteroatoms. The van der Waals surface area contributed by atoms with Crippen molar-refractivity contribution in [1.29, 1.82) is 0 Å². The van der Waals surface area contributed by atoms with Crippen LogP contribution in [0.1, 0.15) is 46.6 Å². The summed E-state index contributed by atoms with van der Waals surface area (Å²) in [5.41, 5.74) is 0.679. The molecule has 21 heavy (non-hydrogen) atoms. The number of carbonyl (C=O) groups is 1. The van der Waals surface area contributed by atoms with Gasteiger partial charge in [-0.05, 0) is 34.1 Å². The average Bonchev–Trinajstić information content (AvgIpc) is 2.74. The zero-order valence-corrected chi connectivity index (χ0v) is 13.8. The van der Waals surface area contributed by atoms with Gasteiger partial charge in [-0.3, -0.25) is 4.68 Å². The maximum Gasteiger partial charge on any atom is 0.407 e. The van der Waals surface area contributed by atoms with Gasteiger partial charge in [-0.25, -0.2) is 4.79 Å². The molecule has 1 unspecified atom stereocenters. The number of hydrogen-bond acceptors (Lipinski definition) is 4. The highest BCUT2D eigenvalue weighted by molar-refractivity contribution is 5.68. The predicted octanol–water partition coefficient (Wildman–Crippen LogP) is 2.30. The molecule has 0 saturated heterocycles. The van der Waals surface area contributed by atoms with Crippen molar-refractivity contribution in [2.75, 3.05) is 6.54 Å². The molecule has 0 fully saturated rings. The van der Waals surface area contributed by atoms with Crippen LogP contribution in [0.15, 0.2) is 12.4 Å². The van der Waals surface area contributed by atoms with Crippen LogP contribution < -0.4 is 10.6 Å². The van der Waals surface area contributed by atoms with E-state index in [-0.39, 0.29) is 12.1 Å². The smallest absolute Gasteiger partial charge is 0.407 e. The fourth-order valence-electron chi connectivity index (χ4n) is 1.84. The number of nitrogens with one attached hydrogen (secondary N) is 2. The molecule has 1 rings (SSSR count). The van der Waals surface area contributed by atoms with Crippen LogP contribution in [0, 0.1) is 0 Å². The van der Waals surface area contributed by atoms with E-state index >= 15 is 0 Å². The summed E-state index contributed by atoms with van der Waals surface area (Å²) in [6.45, 7) is 12.0. The first kappa shape index (κ1) is 17.5. The van der Waals surface area contributed by atoms with Gasteiger partial charge in [0.05, 0.1) is 6.20 Å². The summed E-state index contributed by atoms with van der Waals surface area (Å²) >= 11 is 0. The summed E-state index contributed by atoms with van der Waals surface area (Å²) in [5.74, 6) is 0. The van der Waals surface area contributed by atoms with E-state index in [1.165, 1.54) is 0 Å². The molecule has 6 nitrogen and oxygen atoms in total. The van der Waals surface area contributed by atoms with Crippen LogP contribution in [0.2, 0.25) is 0 Å². The van der Waals surface area contributed by atoms with E-state index in [0.717, 1.165) is 25.1 Å². The summed E-state index contributed by atoms with van der Waals surface area (Å²) in [6, 6.07) is 0.00513. The van der Waals surface area contributed by atoms with Crippen molar-refractivity contribution in [2.24, 2.45) is 0 Å². The minimum Gasteiger partial charge on any atom is -0.444 e. The molecule has 1 atom stereocenters. The Bertz CT molecular complexity index is 437. The second-order valence-electron chi connectivity index (χ2n) is 6.29. The van der Waals surface area contributed by atoms with Gasteiger partial charge in [0, 0.05) is 37.4 Å². The molecule has 120 valence electrons. The van der Waals surface area contributed by atoms with Crippen LogP contribution >= 0.6 is 0 Å². The molecule has 1 aromatic rings. The van der Waals surface area contributed by atoms with Crippen molar-refractivity contribution < 1.29 is 9.53 Å². The zero-order chi connectivity index (χ0) is 15.9. The molecule has 0 aliphatic carbocycles. The fourth-order valence-corrected chi connectivity index (χ4v) is 1.84. The van der Waals surface area contributed by atoms with Crippen molar-refractivity contribution in [2.45, 2.75) is 65.8 Å². The highest BCUT2D eigenvalue weighted by Gasteiger charge is 2.17. The van der Waals surface area contributed by atoms with E-state index in [4.69, 9.17) is 4.74 Å². The molecule has 1 aromatic heterocycles. The van der Waals surface area contributed by atoms with Crippen molar-refractivity contribution in [1.82, 2.24) is 20.4 Å². The number of alkyl carbamates (subject to hydrolysis) is 1. The third kappa shape index (κ3) is 7.70. The Labute approximate surface area is 127 Å². The summed E-state index contributed by atoms with van der Waals surface area (Å²) < 4.78 is 7.16. The molecular weight excluding hydrogens is 268 g/mol. The summed E-state index contributed by atoms with van der Waals surface area (Å²) in [4.78, 5) is 11.6. The van der Waals surface area contributed by atoms with Gasteiger partial charge < -0.3 is 15.4 Å². The summed E-state index contributed by atoms with van der Waals surface area (Å²) in [7, 11) is 0. The third-order valence-corrected chi connectivity index (χ3v) is 2.68. The molecule has 0 bridgehead atoms. The number of rotatable bonds is 7. The van der Waals surface area contributed by atoms with Crippen molar-refractivity contribution in [3.05, 3.63) is 18.0 Å². The largest absolute Gasteiger partial charge is 0.444 e. The summed E-state index contributed by atoms with van der Waals surface area (Å²) in [6.07, 6.45) is 4.61. The van der Waals surface area contributed by atoms with E-state index in [2.05, 4.69) is 22.7 Å². The lowest BCUT2D eigenvalue weighted by molar-refractivity contribution is 0.0508. The van der Waals surface area contributed by atoms with Crippen LogP contribution in [0.25, 0.3) is 0 Å². The van der Waals surface area contributed by atoms with Gasteiger partial charge in [-0.15, -0.1) is 0 Å². The van der Waals surface area contributed by atoms with E-state index in [1.54, 1.807) is 0 Å². The Balaban J connectivity index is 2.23. The number of carbonyl (C=O) groups excluding carboxylic acids is 1. The first-order valence-corrected chi connectivity index (χ1v) is 7.51. The maximum atomic E-state index is 11.6. The standard InChI is InChI=1S/C15H28N4O2/c1-6-7-19-11-13(10-17-19)9-16-8-12(2)18-14(20)21-15(3,4)5/h10-12,16H,6-9H2,1-5H3,(H,18,20). The van der Waals surface area contributed by atoms with Crippen LogP contribution in [0.3, 0.4) is 0 Å². The molecule has 0 saturated carbocycles. The van der Waals surface area contributed by atoms with E-state index in [1.807, 2.05) is 44.8 Å². The number of hydrogen-bond donors (Lipinski definition) is 2. The van der Waals surface area contributed by atoms with Crippen molar-refractivity contribution in [3.63, 3.8) is 0 Å². The molecular formula is C15H28N4O2. The first-order chi connectivity index (χ1) is 9.80. The molecule has 1 heterocycles. The molecule has 1 amide bonds. The fraction of sp³-hybridized carbons (Fsp3) is 0.733. The van der Waals surface area contributed by atoms with E-state index < -0.39 is 5.60 Å². The van der Waals surface area contributed by atoms with Gasteiger partial charge in [0.25, 0.3) is 0 Å². The SMILES string of the molecule is CCCn1cc(CNCC(C)NC(=O)OC(C)(C)C)cn1. The van der Waals surface area contributed by atoms with E-state index in [0.29, 0.717) is 6.54 Å². The van der Waals surface area contributed by atoms with Gasteiger partial charge in [-0.1, -0.05) is 6.92 Å². The van der Waals surface area contributed by atoms with E-state index in [9.17, 15) is 4.79 Å². The van der Waals surface area contributed by atoms with Crippen molar-refractivity contribution >= 4 is 6.09 Å². The number of aryl methyl sites for hydroxylation is 1. The molecule has 0 aliphatic rings. The lowest BCUT2D eigenvalue weighted by Gasteiger charge is -2.22. The Morgan fingerprint density at radius 3 is 2.81 bits per heavy atom. The quantitative estimate of drug-likeness (QED) is 0.810. The Hall–Kier alpha value is -1.56. The van der Waals surface area contributed by atoms with Gasteiger partial charge >= 0.3 is 6.09 Å². The molecule has 0 aromatic carbocycles. The minimum atomic E-state index is -0.467. The lowest BCUT2D eigenvalue weighted by atomic mass is 10.2. The first-order valence-electron chi connectivity index (χ1n) is 7.51. The van der Waals surface area contributed by atoms with Crippen LogP contribution in [0.4, 0.5) is 4.79 Å². The predicted molar refractivity (Wildman–Crippen MR) is 83.1 cm³/mol. The number of nitrogens with zero attached hydrogens (tertiary/aromatic N) is 2. The Morgan fingerprint density at radius 1 is 1.48 bits per heavy atom. The van der Waals surface area contributed by atoms with Crippen molar-refractivity contribution in [3.8, 4) is 0 Å². The number of ether oxygens (including phenoxy) is 1. The Kier molecular flexibility index (Phi) is 6.68. The second-order valence-corrected chi connectivity index (χ2v) is 6.29. The highest BCUT2D eigenvalue weighted by atomic mass is 16.6. The lowest BCUT2D eigenvalue weighted by Crippen LogP contribution is -2.42. The minimum absolute atomic E-state index is 0.00513. The topological polar surface area (TPSA) is 68.2 Å². The normalized spacial score (nSPS) is 13.0. The number of amides is 1. The molecule has 2 N–H and O–H groups in total. The monoisotopic (exact) mass is 296 g/mol. The summed E-state index contributed by atoms with van der Waals surface area (Å²) in [5, 5.41) is 10.4. The van der Waals surface area contributed by atoms with Gasteiger partial charge in [0.2, 0.25) is 0 Å². The number of aromatic nitrogens is 2. The van der Waals surface area contributed by atoms with Gasteiger partial charge in [0.1, 0.15) is 5.60 Å². The van der Waals surface area contributed by atoms with Crippen LogP contribution in [-0.2, 0) is 17.8 Å². The molecule has 0 radical (unpaired) electrons. The average molecular weight is 296 g/mol.